The third kappa shape index (κ3) is 8.51. The summed E-state index contributed by atoms with van der Waals surface area (Å²) in [7, 11) is 0. The van der Waals surface area contributed by atoms with Crippen LogP contribution in [0.5, 0.6) is 0 Å². The average molecular weight is 516 g/mol. The number of nitrogens with one attached hydrogen (secondary N) is 1. The van der Waals surface area contributed by atoms with Gasteiger partial charge in [0.2, 0.25) is 11.8 Å². The van der Waals surface area contributed by atoms with Crippen LogP contribution in [-0.4, -0.2) is 35.1 Å². The topological polar surface area (TPSA) is 49.4 Å². The van der Waals surface area contributed by atoms with E-state index in [0.717, 1.165) is 24.0 Å². The quantitative estimate of drug-likeness (QED) is 0.324. The van der Waals surface area contributed by atoms with E-state index in [1.54, 1.807) is 23.1 Å². The number of hydrogen-bond donors (Lipinski definition) is 1. The molecule has 2 aromatic carbocycles. The number of carbonyl (C=O) groups excluding carboxylic acids is 2. The third-order valence-electron chi connectivity index (χ3n) is 4.98. The summed E-state index contributed by atoms with van der Waals surface area (Å²) < 4.78 is 0. The molecule has 0 aliphatic carbocycles. The lowest BCUT2D eigenvalue weighted by Crippen LogP contribution is -2.49. The fourth-order valence-corrected chi connectivity index (χ4v) is 4.64. The fourth-order valence-electron chi connectivity index (χ4n) is 3.18. The Morgan fingerprint density at radius 2 is 1.72 bits per heavy atom. The summed E-state index contributed by atoms with van der Waals surface area (Å²) in [5, 5.41) is 4.65. The zero-order valence-electron chi connectivity index (χ0n) is 18.4. The molecule has 32 heavy (non-hydrogen) atoms. The molecule has 0 saturated carbocycles. The molecule has 2 rings (SSSR count). The van der Waals surface area contributed by atoms with Crippen molar-refractivity contribution in [3.05, 3.63) is 68.7 Å². The Morgan fingerprint density at radius 3 is 2.34 bits per heavy atom. The minimum Gasteiger partial charge on any atom is -0.354 e. The standard InChI is InChI=1S/C24H29Cl3N2O2S/c1-3-5-12-28-24(31)22(4-2)29(14-18-8-11-20(26)13-21(18)27)23(30)16-32-15-17-6-9-19(25)10-7-17/h6-11,13,22H,3-5,12,14-16H2,1-2H3,(H,28,31). The van der Waals surface area contributed by atoms with Crippen LogP contribution < -0.4 is 5.32 Å². The SMILES string of the molecule is CCCCNC(=O)C(CC)N(Cc1ccc(Cl)cc1Cl)C(=O)CSCc1ccc(Cl)cc1. The molecule has 1 N–H and O–H groups in total. The zero-order valence-corrected chi connectivity index (χ0v) is 21.5. The third-order valence-corrected chi connectivity index (χ3v) is 6.81. The molecule has 4 nitrogen and oxygen atoms in total. The zero-order chi connectivity index (χ0) is 23.5. The molecule has 174 valence electrons. The van der Waals surface area contributed by atoms with E-state index < -0.39 is 6.04 Å². The molecular weight excluding hydrogens is 487 g/mol. The van der Waals surface area contributed by atoms with Gasteiger partial charge >= 0.3 is 0 Å². The summed E-state index contributed by atoms with van der Waals surface area (Å²) in [6.07, 6.45) is 2.40. The summed E-state index contributed by atoms with van der Waals surface area (Å²) in [5.74, 6) is 0.694. The van der Waals surface area contributed by atoms with Crippen LogP contribution in [-0.2, 0) is 21.9 Å². The van der Waals surface area contributed by atoms with Gasteiger partial charge in [0, 0.05) is 33.9 Å². The van der Waals surface area contributed by atoms with Gasteiger partial charge in [-0.15, -0.1) is 11.8 Å². The molecule has 0 radical (unpaired) electrons. The van der Waals surface area contributed by atoms with E-state index >= 15 is 0 Å². The lowest BCUT2D eigenvalue weighted by molar-refractivity contribution is -0.139. The number of amides is 2. The predicted molar refractivity (Wildman–Crippen MR) is 137 cm³/mol. The molecule has 0 heterocycles. The van der Waals surface area contributed by atoms with Gasteiger partial charge in [-0.3, -0.25) is 9.59 Å². The number of hydrogen-bond acceptors (Lipinski definition) is 3. The minimum absolute atomic E-state index is 0.104. The monoisotopic (exact) mass is 514 g/mol. The number of carbonyl (C=O) groups is 2. The molecule has 0 bridgehead atoms. The van der Waals surface area contributed by atoms with Gasteiger partial charge in [0.05, 0.1) is 5.75 Å². The Balaban J connectivity index is 2.14. The number of benzene rings is 2. The lowest BCUT2D eigenvalue weighted by Gasteiger charge is -2.31. The van der Waals surface area contributed by atoms with Gasteiger partial charge in [0.15, 0.2) is 0 Å². The summed E-state index contributed by atoms with van der Waals surface area (Å²) in [5.41, 5.74) is 1.84. The molecule has 1 unspecified atom stereocenters. The Morgan fingerprint density at radius 1 is 1.03 bits per heavy atom. The van der Waals surface area contributed by atoms with Gasteiger partial charge in [0.1, 0.15) is 6.04 Å². The minimum atomic E-state index is -0.567. The van der Waals surface area contributed by atoms with Crippen molar-refractivity contribution >= 4 is 58.4 Å². The van der Waals surface area contributed by atoms with E-state index in [0.29, 0.717) is 33.8 Å². The maximum atomic E-state index is 13.2. The Labute approximate surface area is 210 Å². The number of thioether (sulfide) groups is 1. The molecule has 0 aliphatic rings. The molecule has 2 aromatic rings. The van der Waals surface area contributed by atoms with Crippen LogP contribution in [0.4, 0.5) is 0 Å². The summed E-state index contributed by atoms with van der Waals surface area (Å²) >= 11 is 19.8. The van der Waals surface area contributed by atoms with Gasteiger partial charge in [0.25, 0.3) is 0 Å². The van der Waals surface area contributed by atoms with Crippen LogP contribution in [0.25, 0.3) is 0 Å². The molecule has 2 amide bonds. The van der Waals surface area contributed by atoms with Gasteiger partial charge < -0.3 is 10.2 Å². The molecule has 0 aliphatic heterocycles. The highest BCUT2D eigenvalue weighted by Gasteiger charge is 2.28. The van der Waals surface area contributed by atoms with Crippen molar-refractivity contribution in [2.45, 2.75) is 51.4 Å². The maximum Gasteiger partial charge on any atom is 0.242 e. The first kappa shape index (κ1) is 26.8. The summed E-state index contributed by atoms with van der Waals surface area (Å²) in [6, 6.07) is 12.2. The smallest absolute Gasteiger partial charge is 0.242 e. The number of unbranched alkanes of at least 4 members (excludes halogenated alkanes) is 1. The number of rotatable bonds is 12. The molecule has 8 heteroatoms. The summed E-state index contributed by atoms with van der Waals surface area (Å²) in [4.78, 5) is 27.7. The fraction of sp³-hybridized carbons (Fsp3) is 0.417. The maximum absolute atomic E-state index is 13.2. The number of halogens is 3. The van der Waals surface area contributed by atoms with Gasteiger partial charge in [-0.1, -0.05) is 73.3 Å². The van der Waals surface area contributed by atoms with Crippen molar-refractivity contribution in [2.75, 3.05) is 12.3 Å². The van der Waals surface area contributed by atoms with Crippen molar-refractivity contribution < 1.29 is 9.59 Å². The molecule has 0 saturated heterocycles. The van der Waals surface area contributed by atoms with E-state index in [1.165, 1.54) is 11.8 Å². The van der Waals surface area contributed by atoms with Crippen molar-refractivity contribution in [3.8, 4) is 0 Å². The normalized spacial score (nSPS) is 11.8. The van der Waals surface area contributed by atoms with Crippen molar-refractivity contribution in [1.82, 2.24) is 10.2 Å². The van der Waals surface area contributed by atoms with Crippen LogP contribution in [0.3, 0.4) is 0 Å². The van der Waals surface area contributed by atoms with Crippen molar-refractivity contribution in [2.24, 2.45) is 0 Å². The largest absolute Gasteiger partial charge is 0.354 e. The first-order valence-electron chi connectivity index (χ1n) is 10.7. The first-order valence-corrected chi connectivity index (χ1v) is 13.0. The Kier molecular flexibility index (Phi) is 11.7. The van der Waals surface area contributed by atoms with E-state index in [-0.39, 0.29) is 24.1 Å². The van der Waals surface area contributed by atoms with Crippen molar-refractivity contribution in [1.29, 1.82) is 0 Å². The second-order valence-electron chi connectivity index (χ2n) is 7.45. The van der Waals surface area contributed by atoms with Crippen molar-refractivity contribution in [3.63, 3.8) is 0 Å². The second-order valence-corrected chi connectivity index (χ2v) is 9.71. The van der Waals surface area contributed by atoms with Crippen LogP contribution in [0.15, 0.2) is 42.5 Å². The molecule has 0 fully saturated rings. The highest BCUT2D eigenvalue weighted by molar-refractivity contribution is 7.99. The van der Waals surface area contributed by atoms with E-state index in [1.807, 2.05) is 31.2 Å². The summed E-state index contributed by atoms with van der Waals surface area (Å²) in [6.45, 7) is 4.82. The number of nitrogens with zero attached hydrogens (tertiary/aromatic N) is 1. The van der Waals surface area contributed by atoms with Crippen LogP contribution >= 0.6 is 46.6 Å². The van der Waals surface area contributed by atoms with E-state index in [9.17, 15) is 9.59 Å². The van der Waals surface area contributed by atoms with Gasteiger partial charge in [-0.25, -0.2) is 0 Å². The first-order chi connectivity index (χ1) is 15.3. The highest BCUT2D eigenvalue weighted by Crippen LogP contribution is 2.24. The molecule has 1 atom stereocenters. The second kappa shape index (κ2) is 14.0. The van der Waals surface area contributed by atoms with E-state index in [4.69, 9.17) is 34.8 Å². The molecular formula is C24H29Cl3N2O2S. The van der Waals surface area contributed by atoms with Crippen LogP contribution in [0, 0.1) is 0 Å². The van der Waals surface area contributed by atoms with Gasteiger partial charge in [-0.05, 0) is 48.2 Å². The lowest BCUT2D eigenvalue weighted by atomic mass is 10.1. The Bertz CT molecular complexity index is 893. The predicted octanol–water partition coefficient (Wildman–Crippen LogP) is 6.60. The molecule has 0 aromatic heterocycles. The molecule has 0 spiro atoms. The van der Waals surface area contributed by atoms with Crippen LogP contribution in [0.2, 0.25) is 15.1 Å². The van der Waals surface area contributed by atoms with E-state index in [2.05, 4.69) is 12.2 Å². The average Bonchev–Trinajstić information content (AvgIpc) is 2.76. The van der Waals surface area contributed by atoms with Gasteiger partial charge in [-0.2, -0.15) is 0 Å². The van der Waals surface area contributed by atoms with Crippen LogP contribution in [0.1, 0.15) is 44.2 Å². The Hall–Kier alpha value is -1.40. The highest BCUT2D eigenvalue weighted by atomic mass is 35.5.